The molecular formula is C27H23NO5. The summed E-state index contributed by atoms with van der Waals surface area (Å²) in [6.07, 6.45) is 0. The predicted octanol–water partition coefficient (Wildman–Crippen LogP) is 4.39. The third kappa shape index (κ3) is 3.84. The van der Waals surface area contributed by atoms with Gasteiger partial charge in [-0.1, -0.05) is 60.2 Å². The number of hydrogen-bond acceptors (Lipinski definition) is 5. The molecule has 0 saturated carbocycles. The highest BCUT2D eigenvalue weighted by Crippen LogP contribution is 2.41. The molecule has 166 valence electrons. The van der Waals surface area contributed by atoms with Crippen molar-refractivity contribution in [1.29, 1.82) is 0 Å². The minimum absolute atomic E-state index is 0.0662. The summed E-state index contributed by atoms with van der Waals surface area (Å²) in [7, 11) is 0. The van der Waals surface area contributed by atoms with E-state index in [9.17, 15) is 14.7 Å². The molecular weight excluding hydrogens is 418 g/mol. The zero-order valence-electron chi connectivity index (χ0n) is 18.2. The number of benzene rings is 3. The van der Waals surface area contributed by atoms with Crippen molar-refractivity contribution in [2.24, 2.45) is 0 Å². The largest absolute Gasteiger partial charge is 0.507 e. The normalized spacial score (nSPS) is 19.1. The fourth-order valence-electron chi connectivity index (χ4n) is 4.26. The summed E-state index contributed by atoms with van der Waals surface area (Å²) in [5.74, 6) is -0.494. The van der Waals surface area contributed by atoms with Crippen LogP contribution < -0.4 is 9.47 Å². The number of likely N-dealkylation sites (tertiary alicyclic amines) is 1. The smallest absolute Gasteiger partial charge is 0.295 e. The average Bonchev–Trinajstić information content (AvgIpc) is 3.09. The van der Waals surface area contributed by atoms with Crippen LogP contribution in [0.2, 0.25) is 0 Å². The summed E-state index contributed by atoms with van der Waals surface area (Å²) >= 11 is 0. The van der Waals surface area contributed by atoms with Crippen molar-refractivity contribution in [3.05, 3.63) is 101 Å². The summed E-state index contributed by atoms with van der Waals surface area (Å²) in [5, 5.41) is 11.3. The second kappa shape index (κ2) is 8.47. The van der Waals surface area contributed by atoms with Gasteiger partial charge in [0.25, 0.3) is 11.7 Å². The number of hydrogen-bond donors (Lipinski definition) is 1. The molecule has 3 aromatic carbocycles. The van der Waals surface area contributed by atoms with E-state index in [1.165, 1.54) is 4.90 Å². The number of carbonyl (C=O) groups excluding carboxylic acids is 2. The van der Waals surface area contributed by atoms with E-state index in [1.54, 1.807) is 18.2 Å². The number of aliphatic hydroxyl groups is 1. The molecule has 1 fully saturated rings. The molecule has 1 N–H and O–H groups in total. The SMILES string of the molecule is Cc1ccc([C@@H]2/C(=C(\O)c3ccc4c(c3)OCCO4)C(=O)C(=O)N2Cc2ccccc2)cc1. The second-order valence-electron chi connectivity index (χ2n) is 8.18. The number of ether oxygens (including phenoxy) is 2. The fourth-order valence-corrected chi connectivity index (χ4v) is 4.26. The summed E-state index contributed by atoms with van der Waals surface area (Å²) in [5.41, 5.74) is 3.18. The van der Waals surface area contributed by atoms with Gasteiger partial charge in [-0.25, -0.2) is 0 Å². The number of Topliss-reactive ketones (excluding diaryl/α,β-unsaturated/α-hetero) is 1. The van der Waals surface area contributed by atoms with Crippen LogP contribution in [-0.2, 0) is 16.1 Å². The van der Waals surface area contributed by atoms with Crippen molar-refractivity contribution in [1.82, 2.24) is 4.90 Å². The summed E-state index contributed by atoms with van der Waals surface area (Å²) in [6, 6.07) is 21.4. The van der Waals surface area contributed by atoms with Gasteiger partial charge in [-0.2, -0.15) is 0 Å². The van der Waals surface area contributed by atoms with Crippen LogP contribution in [0.4, 0.5) is 0 Å². The van der Waals surface area contributed by atoms with Crippen molar-refractivity contribution in [2.45, 2.75) is 19.5 Å². The summed E-state index contributed by atoms with van der Waals surface area (Å²) < 4.78 is 11.2. The molecule has 2 aliphatic rings. The van der Waals surface area contributed by atoms with E-state index in [0.717, 1.165) is 16.7 Å². The Balaban J connectivity index is 1.63. The van der Waals surface area contributed by atoms with E-state index in [1.807, 2.05) is 61.5 Å². The maximum Gasteiger partial charge on any atom is 0.295 e. The van der Waals surface area contributed by atoms with Crippen LogP contribution in [-0.4, -0.2) is 34.9 Å². The van der Waals surface area contributed by atoms with Crippen molar-refractivity contribution in [3.8, 4) is 11.5 Å². The molecule has 6 heteroatoms. The van der Waals surface area contributed by atoms with E-state index in [2.05, 4.69) is 0 Å². The zero-order valence-corrected chi connectivity index (χ0v) is 18.2. The lowest BCUT2D eigenvalue weighted by atomic mass is 9.94. The molecule has 0 aromatic heterocycles. The zero-order chi connectivity index (χ0) is 22.9. The highest BCUT2D eigenvalue weighted by atomic mass is 16.6. The number of rotatable bonds is 4. The van der Waals surface area contributed by atoms with Crippen LogP contribution >= 0.6 is 0 Å². The molecule has 1 saturated heterocycles. The van der Waals surface area contributed by atoms with Gasteiger partial charge in [-0.05, 0) is 36.2 Å². The number of amides is 1. The van der Waals surface area contributed by atoms with Crippen LogP contribution in [0.15, 0.2) is 78.4 Å². The molecule has 1 atom stereocenters. The Bertz CT molecular complexity index is 1250. The number of ketones is 1. The van der Waals surface area contributed by atoms with Gasteiger partial charge in [0.15, 0.2) is 11.5 Å². The molecule has 33 heavy (non-hydrogen) atoms. The van der Waals surface area contributed by atoms with Crippen molar-refractivity contribution in [2.75, 3.05) is 13.2 Å². The minimum atomic E-state index is -0.709. The lowest BCUT2D eigenvalue weighted by Gasteiger charge is -2.25. The van der Waals surface area contributed by atoms with Gasteiger partial charge in [0, 0.05) is 12.1 Å². The average molecular weight is 441 g/mol. The Kier molecular flexibility index (Phi) is 5.34. The fraction of sp³-hybridized carbons (Fsp3) is 0.185. The van der Waals surface area contributed by atoms with Crippen molar-refractivity contribution < 1.29 is 24.2 Å². The second-order valence-corrected chi connectivity index (χ2v) is 8.18. The van der Waals surface area contributed by atoms with Gasteiger partial charge >= 0.3 is 0 Å². The van der Waals surface area contributed by atoms with Crippen LogP contribution in [0.25, 0.3) is 5.76 Å². The first-order valence-corrected chi connectivity index (χ1v) is 10.8. The van der Waals surface area contributed by atoms with Gasteiger partial charge in [-0.15, -0.1) is 0 Å². The molecule has 0 radical (unpaired) electrons. The Morgan fingerprint density at radius 1 is 0.939 bits per heavy atom. The topological polar surface area (TPSA) is 76.1 Å². The lowest BCUT2D eigenvalue weighted by Crippen LogP contribution is -2.29. The van der Waals surface area contributed by atoms with E-state index in [0.29, 0.717) is 30.3 Å². The molecule has 0 unspecified atom stereocenters. The molecule has 3 aromatic rings. The number of fused-ring (bicyclic) bond motifs is 1. The quantitative estimate of drug-likeness (QED) is 0.369. The minimum Gasteiger partial charge on any atom is -0.507 e. The van der Waals surface area contributed by atoms with Gasteiger partial charge < -0.3 is 19.5 Å². The Hall–Kier alpha value is -4.06. The first-order valence-electron chi connectivity index (χ1n) is 10.8. The summed E-state index contributed by atoms with van der Waals surface area (Å²) in [6.45, 7) is 3.08. The number of aryl methyl sites for hydroxylation is 1. The van der Waals surface area contributed by atoms with E-state index in [-0.39, 0.29) is 17.9 Å². The standard InChI is InChI=1S/C27H23NO5/c1-17-7-9-19(10-8-17)24-23(25(29)20-11-12-21-22(15-20)33-14-13-32-21)26(30)27(31)28(24)16-18-5-3-2-4-6-18/h2-12,15,24,29H,13-14,16H2,1H3/b25-23+/t24-/m1/s1. The first-order chi connectivity index (χ1) is 16.0. The molecule has 6 nitrogen and oxygen atoms in total. The van der Waals surface area contributed by atoms with Gasteiger partial charge in [0.2, 0.25) is 0 Å². The third-order valence-corrected chi connectivity index (χ3v) is 5.94. The molecule has 5 rings (SSSR count). The number of carbonyl (C=O) groups is 2. The monoisotopic (exact) mass is 441 g/mol. The molecule has 2 heterocycles. The Labute approximate surface area is 191 Å². The van der Waals surface area contributed by atoms with Crippen LogP contribution in [0.5, 0.6) is 11.5 Å². The molecule has 0 bridgehead atoms. The molecule has 0 aliphatic carbocycles. The number of aliphatic hydroxyl groups excluding tert-OH is 1. The van der Waals surface area contributed by atoms with Crippen molar-refractivity contribution >= 4 is 17.4 Å². The third-order valence-electron chi connectivity index (χ3n) is 5.94. The Morgan fingerprint density at radius 3 is 2.36 bits per heavy atom. The van der Waals surface area contributed by atoms with Gasteiger partial charge in [0.1, 0.15) is 19.0 Å². The molecule has 2 aliphatic heterocycles. The van der Waals surface area contributed by atoms with E-state index < -0.39 is 17.7 Å². The van der Waals surface area contributed by atoms with Crippen molar-refractivity contribution in [3.63, 3.8) is 0 Å². The van der Waals surface area contributed by atoms with E-state index in [4.69, 9.17) is 9.47 Å². The maximum absolute atomic E-state index is 13.2. The number of nitrogens with zero attached hydrogens (tertiary/aromatic N) is 1. The highest BCUT2D eigenvalue weighted by Gasteiger charge is 2.46. The van der Waals surface area contributed by atoms with Crippen LogP contribution in [0.3, 0.4) is 0 Å². The highest BCUT2D eigenvalue weighted by molar-refractivity contribution is 6.46. The van der Waals surface area contributed by atoms with E-state index >= 15 is 0 Å². The van der Waals surface area contributed by atoms with Crippen LogP contribution in [0, 0.1) is 6.92 Å². The lowest BCUT2D eigenvalue weighted by molar-refractivity contribution is -0.140. The Morgan fingerprint density at radius 2 is 1.64 bits per heavy atom. The van der Waals surface area contributed by atoms with Gasteiger partial charge in [-0.3, -0.25) is 9.59 Å². The van der Waals surface area contributed by atoms with Gasteiger partial charge in [0.05, 0.1) is 11.6 Å². The summed E-state index contributed by atoms with van der Waals surface area (Å²) in [4.78, 5) is 27.8. The van der Waals surface area contributed by atoms with Crippen LogP contribution in [0.1, 0.15) is 28.3 Å². The first kappa shape index (κ1) is 20.8. The molecule has 0 spiro atoms. The maximum atomic E-state index is 13.2. The molecule has 1 amide bonds. The predicted molar refractivity (Wildman–Crippen MR) is 123 cm³/mol.